The Balaban J connectivity index is 1.89. The maximum Gasteiger partial charge on any atom is 0.372 e. The van der Waals surface area contributed by atoms with Crippen LogP contribution in [0.25, 0.3) is 0 Å². The number of carbonyl (C=O) groups is 2. The Hall–Kier alpha value is -0.940. The Bertz CT molecular complexity index is 274. The Morgan fingerprint density at radius 1 is 1.29 bits per heavy atom. The fraction of sp³-hybridized carbons (Fsp3) is 0.778. The number of fused-ring (bicyclic) bond motifs is 1. The number of Topliss-reactive ketones (excluding diaryl/α,β-unsaturated/α-hetero) is 1. The summed E-state index contributed by atoms with van der Waals surface area (Å²) in [7, 11) is 0. The van der Waals surface area contributed by atoms with E-state index in [0.717, 1.165) is 0 Å². The number of aliphatic hydroxyl groups excluding tert-OH is 1. The zero-order valence-electron chi connectivity index (χ0n) is 7.55. The van der Waals surface area contributed by atoms with Gasteiger partial charge in [-0.2, -0.15) is 0 Å². The lowest BCUT2D eigenvalue weighted by molar-refractivity contribution is -0.149. The van der Waals surface area contributed by atoms with E-state index in [1.54, 1.807) is 0 Å². The first-order chi connectivity index (χ1) is 6.59. The molecule has 2 rings (SSSR count). The van der Waals surface area contributed by atoms with Crippen molar-refractivity contribution in [2.45, 2.75) is 37.6 Å². The molecule has 2 fully saturated rings. The average molecular weight is 200 g/mol. The second-order valence-electron chi connectivity index (χ2n) is 3.90. The summed E-state index contributed by atoms with van der Waals surface area (Å²) in [5.74, 6) is -2.17. The topological polar surface area (TPSA) is 87.1 Å². The number of epoxide rings is 1. The maximum atomic E-state index is 10.9. The van der Waals surface area contributed by atoms with Gasteiger partial charge in [-0.3, -0.25) is 4.79 Å². The summed E-state index contributed by atoms with van der Waals surface area (Å²) in [4.78, 5) is 21.3. The van der Waals surface area contributed by atoms with E-state index in [0.29, 0.717) is 12.8 Å². The molecule has 1 aliphatic carbocycles. The van der Waals surface area contributed by atoms with Crippen molar-refractivity contribution < 1.29 is 24.5 Å². The Morgan fingerprint density at radius 2 is 2.00 bits per heavy atom. The molecule has 0 aromatic rings. The van der Waals surface area contributed by atoms with E-state index in [1.807, 2.05) is 0 Å². The highest BCUT2D eigenvalue weighted by Gasteiger charge is 2.52. The molecule has 5 heteroatoms. The smallest absolute Gasteiger partial charge is 0.372 e. The molecule has 1 saturated heterocycles. The van der Waals surface area contributed by atoms with Gasteiger partial charge in [0.1, 0.15) is 6.10 Å². The van der Waals surface area contributed by atoms with Gasteiger partial charge in [0.05, 0.1) is 12.2 Å². The van der Waals surface area contributed by atoms with Crippen molar-refractivity contribution in [1.29, 1.82) is 0 Å². The molecule has 0 amide bonds. The minimum atomic E-state index is -1.38. The third-order valence-electron chi connectivity index (χ3n) is 2.92. The van der Waals surface area contributed by atoms with Gasteiger partial charge in [0.25, 0.3) is 0 Å². The molecule has 2 aliphatic rings. The van der Waals surface area contributed by atoms with E-state index in [-0.39, 0.29) is 24.5 Å². The fourth-order valence-corrected chi connectivity index (χ4v) is 2.08. The van der Waals surface area contributed by atoms with Crippen LogP contribution in [0.4, 0.5) is 0 Å². The highest BCUT2D eigenvalue weighted by atomic mass is 16.6. The quantitative estimate of drug-likeness (QED) is 0.476. The van der Waals surface area contributed by atoms with Crippen molar-refractivity contribution >= 4 is 11.8 Å². The van der Waals surface area contributed by atoms with Crippen LogP contribution in [0.5, 0.6) is 0 Å². The molecule has 1 aliphatic heterocycles. The number of carboxylic acids is 1. The van der Waals surface area contributed by atoms with Crippen LogP contribution in [-0.4, -0.2) is 40.3 Å². The summed E-state index contributed by atoms with van der Waals surface area (Å²) in [6.07, 6.45) is 0.608. The molecule has 0 spiro atoms. The van der Waals surface area contributed by atoms with E-state index < -0.39 is 17.9 Å². The van der Waals surface area contributed by atoms with Gasteiger partial charge >= 0.3 is 5.97 Å². The van der Waals surface area contributed by atoms with Gasteiger partial charge in [-0.05, 0) is 18.8 Å². The zero-order valence-corrected chi connectivity index (χ0v) is 7.55. The summed E-state index contributed by atoms with van der Waals surface area (Å²) in [5, 5.41) is 17.8. The van der Waals surface area contributed by atoms with Gasteiger partial charge in [-0.25, -0.2) is 4.79 Å². The summed E-state index contributed by atoms with van der Waals surface area (Å²) in [5.41, 5.74) is 0. The van der Waals surface area contributed by atoms with Gasteiger partial charge in [-0.1, -0.05) is 0 Å². The van der Waals surface area contributed by atoms with Gasteiger partial charge in [0.2, 0.25) is 5.78 Å². The van der Waals surface area contributed by atoms with E-state index in [4.69, 9.17) is 9.84 Å². The van der Waals surface area contributed by atoms with Crippen LogP contribution in [0, 0.1) is 5.92 Å². The van der Waals surface area contributed by atoms with Crippen LogP contribution in [0.3, 0.4) is 0 Å². The molecule has 2 N–H and O–H groups in total. The highest BCUT2D eigenvalue weighted by Crippen LogP contribution is 2.42. The molecule has 0 radical (unpaired) electrons. The van der Waals surface area contributed by atoms with Crippen LogP contribution in [0.1, 0.15) is 19.3 Å². The minimum Gasteiger partial charge on any atom is -0.476 e. The van der Waals surface area contributed by atoms with E-state index in [2.05, 4.69) is 0 Å². The number of aliphatic carboxylic acids is 1. The van der Waals surface area contributed by atoms with Crippen molar-refractivity contribution in [2.75, 3.05) is 0 Å². The molecular formula is C9H12O5. The Kier molecular flexibility index (Phi) is 2.28. The number of rotatable bonds is 3. The largest absolute Gasteiger partial charge is 0.476 e. The Labute approximate surface area is 80.7 Å². The maximum absolute atomic E-state index is 10.9. The van der Waals surface area contributed by atoms with Gasteiger partial charge in [0.15, 0.2) is 0 Å². The highest BCUT2D eigenvalue weighted by molar-refractivity contribution is 6.32. The number of carbonyl (C=O) groups excluding carboxylic acids is 1. The van der Waals surface area contributed by atoms with Crippen LogP contribution < -0.4 is 0 Å². The predicted octanol–water partition coefficient (Wildman–Crippen LogP) is -0.432. The lowest BCUT2D eigenvalue weighted by Gasteiger charge is -2.19. The van der Waals surface area contributed by atoms with Gasteiger partial charge in [-0.15, -0.1) is 0 Å². The summed E-state index contributed by atoms with van der Waals surface area (Å²) in [6.45, 7) is 0. The van der Waals surface area contributed by atoms with Crippen molar-refractivity contribution in [1.82, 2.24) is 0 Å². The van der Waals surface area contributed by atoms with Crippen molar-refractivity contribution in [3.05, 3.63) is 0 Å². The summed E-state index contributed by atoms with van der Waals surface area (Å²) >= 11 is 0. The molecular weight excluding hydrogens is 188 g/mol. The van der Waals surface area contributed by atoms with Gasteiger partial charge < -0.3 is 14.9 Å². The zero-order chi connectivity index (χ0) is 10.3. The van der Waals surface area contributed by atoms with Crippen molar-refractivity contribution in [3.63, 3.8) is 0 Å². The summed E-state index contributed by atoms with van der Waals surface area (Å²) < 4.78 is 5.19. The monoisotopic (exact) mass is 200 g/mol. The van der Waals surface area contributed by atoms with Gasteiger partial charge in [0, 0.05) is 6.42 Å². The normalized spacial score (nSPS) is 40.1. The third-order valence-corrected chi connectivity index (χ3v) is 2.92. The lowest BCUT2D eigenvalue weighted by Crippen LogP contribution is -2.30. The van der Waals surface area contributed by atoms with Crippen LogP contribution >= 0.6 is 0 Å². The van der Waals surface area contributed by atoms with E-state index in [1.165, 1.54) is 0 Å². The molecule has 0 unspecified atom stereocenters. The number of hydrogen-bond acceptors (Lipinski definition) is 4. The molecule has 5 nitrogen and oxygen atoms in total. The molecule has 78 valence electrons. The first kappa shape index (κ1) is 9.61. The molecule has 4 atom stereocenters. The van der Waals surface area contributed by atoms with E-state index >= 15 is 0 Å². The number of carboxylic acid groups (broad SMARTS) is 1. The lowest BCUT2D eigenvalue weighted by atomic mass is 9.84. The number of aliphatic hydroxyl groups is 1. The van der Waals surface area contributed by atoms with Crippen molar-refractivity contribution in [2.24, 2.45) is 5.92 Å². The Morgan fingerprint density at radius 3 is 2.64 bits per heavy atom. The SMILES string of the molecule is O=C(O)C(=O)C[C@@H]1CC[C@@H](O)[C@@H]2O[C@H]12. The molecule has 0 aromatic heterocycles. The molecule has 1 saturated carbocycles. The first-order valence-electron chi connectivity index (χ1n) is 4.69. The molecule has 0 aromatic carbocycles. The fourth-order valence-electron chi connectivity index (χ4n) is 2.08. The first-order valence-corrected chi connectivity index (χ1v) is 4.69. The molecule has 14 heavy (non-hydrogen) atoms. The number of ketones is 1. The van der Waals surface area contributed by atoms with Crippen LogP contribution in [0.2, 0.25) is 0 Å². The van der Waals surface area contributed by atoms with Crippen LogP contribution in [0.15, 0.2) is 0 Å². The predicted molar refractivity (Wildman–Crippen MR) is 44.7 cm³/mol. The standard InChI is InChI=1S/C9H12O5/c10-5-2-1-4(7-8(5)14-7)3-6(11)9(12)13/h4-5,7-8,10H,1-3H2,(H,12,13)/t4-,5+,7+,8-/m0/s1. The van der Waals surface area contributed by atoms with Crippen LogP contribution in [-0.2, 0) is 14.3 Å². The molecule has 0 bridgehead atoms. The minimum absolute atomic E-state index is 0.0213. The number of hydrogen-bond donors (Lipinski definition) is 2. The number of ether oxygens (including phenoxy) is 1. The second kappa shape index (κ2) is 3.33. The average Bonchev–Trinajstić information content (AvgIpc) is 2.89. The third kappa shape index (κ3) is 1.65. The molecule has 1 heterocycles. The second-order valence-corrected chi connectivity index (χ2v) is 3.90. The van der Waals surface area contributed by atoms with E-state index in [9.17, 15) is 14.7 Å². The van der Waals surface area contributed by atoms with Crippen molar-refractivity contribution in [3.8, 4) is 0 Å². The summed E-state index contributed by atoms with van der Waals surface area (Å²) in [6, 6.07) is 0.